The van der Waals surface area contributed by atoms with Crippen molar-refractivity contribution in [2.75, 3.05) is 51.2 Å². The van der Waals surface area contributed by atoms with E-state index in [2.05, 4.69) is 40.2 Å². The molecule has 2 heterocycles. The van der Waals surface area contributed by atoms with E-state index in [9.17, 15) is 9.18 Å². The lowest BCUT2D eigenvalue weighted by Gasteiger charge is -2.36. The molecule has 1 amide bonds. The molecule has 1 saturated heterocycles. The van der Waals surface area contributed by atoms with Gasteiger partial charge in [-0.2, -0.15) is 0 Å². The zero-order chi connectivity index (χ0) is 22.7. The molecule has 5 nitrogen and oxygen atoms in total. The highest BCUT2D eigenvalue weighted by Crippen LogP contribution is 2.32. The molecule has 1 N–H and O–H groups in total. The van der Waals surface area contributed by atoms with Crippen LogP contribution in [0.2, 0.25) is 5.02 Å². The van der Waals surface area contributed by atoms with Crippen LogP contribution in [-0.4, -0.2) is 68.1 Å². The number of benzene rings is 2. The second-order valence-electron chi connectivity index (χ2n) is 8.49. The highest BCUT2D eigenvalue weighted by molar-refractivity contribution is 6.31. The molecule has 2 aromatic carbocycles. The Balaban J connectivity index is 1.26. The van der Waals surface area contributed by atoms with Gasteiger partial charge < -0.3 is 15.1 Å². The van der Waals surface area contributed by atoms with Gasteiger partial charge in [-0.05, 0) is 30.7 Å². The Kier molecular flexibility index (Phi) is 7.01. The van der Waals surface area contributed by atoms with Crippen LogP contribution in [0.5, 0.6) is 0 Å². The largest absolute Gasteiger partial charge is 0.371 e. The third-order valence-corrected chi connectivity index (χ3v) is 6.88. The highest BCUT2D eigenvalue weighted by Gasteiger charge is 2.34. The summed E-state index contributed by atoms with van der Waals surface area (Å²) in [5.41, 5.74) is 2.79. The topological polar surface area (TPSA) is 38.8 Å². The van der Waals surface area contributed by atoms with Crippen LogP contribution in [0, 0.1) is 11.7 Å². The Morgan fingerprint density at radius 1 is 1.09 bits per heavy atom. The third kappa shape index (κ3) is 4.76. The number of hydrogen-bond acceptors (Lipinski definition) is 4. The van der Waals surface area contributed by atoms with E-state index in [1.807, 2.05) is 30.1 Å². The van der Waals surface area contributed by atoms with E-state index in [-0.39, 0.29) is 28.7 Å². The Bertz CT molecular complexity index is 975. The molecule has 170 valence electrons. The minimum absolute atomic E-state index is 0.0647. The highest BCUT2D eigenvalue weighted by atomic mass is 35.5. The van der Waals surface area contributed by atoms with Crippen molar-refractivity contribution in [1.82, 2.24) is 15.1 Å². The number of hydrogen-bond donors (Lipinski definition) is 1. The molecule has 2 unspecified atom stereocenters. The Morgan fingerprint density at radius 2 is 1.81 bits per heavy atom. The molecule has 0 radical (unpaired) electrons. The maximum atomic E-state index is 14.3. The lowest BCUT2D eigenvalue weighted by atomic mass is 10.0. The Labute approximate surface area is 194 Å². The maximum absolute atomic E-state index is 14.3. The molecule has 2 aromatic rings. The van der Waals surface area contributed by atoms with Crippen molar-refractivity contribution in [2.24, 2.45) is 5.92 Å². The van der Waals surface area contributed by atoms with Crippen molar-refractivity contribution in [2.45, 2.75) is 13.0 Å². The zero-order valence-electron chi connectivity index (χ0n) is 18.6. The van der Waals surface area contributed by atoms with Crippen LogP contribution in [0.4, 0.5) is 10.1 Å². The molecule has 2 aliphatic rings. The monoisotopic (exact) mass is 456 g/mol. The van der Waals surface area contributed by atoms with Gasteiger partial charge in [0.2, 0.25) is 5.91 Å². The molecule has 2 aliphatic heterocycles. The molecule has 32 heavy (non-hydrogen) atoms. The smallest absolute Gasteiger partial charge is 0.229 e. The SMILES string of the molecule is CC1C(C(=O)NCCN2CCN(c3cccc(Cl)c3F)CC2)C=C(c2ccccc2)N1C. The number of anilines is 1. The van der Waals surface area contributed by atoms with Crippen LogP contribution >= 0.6 is 11.6 Å². The number of carbonyl (C=O) groups is 1. The van der Waals surface area contributed by atoms with Crippen molar-refractivity contribution >= 4 is 28.9 Å². The van der Waals surface area contributed by atoms with Crippen molar-refractivity contribution in [3.05, 3.63) is 71.0 Å². The van der Waals surface area contributed by atoms with Crippen LogP contribution in [0.3, 0.4) is 0 Å². The minimum Gasteiger partial charge on any atom is -0.371 e. The van der Waals surface area contributed by atoms with E-state index < -0.39 is 0 Å². The Hall–Kier alpha value is -2.57. The first-order chi connectivity index (χ1) is 15.5. The summed E-state index contributed by atoms with van der Waals surface area (Å²) in [4.78, 5) is 19.4. The van der Waals surface area contributed by atoms with Crippen molar-refractivity contribution < 1.29 is 9.18 Å². The quantitative estimate of drug-likeness (QED) is 0.719. The van der Waals surface area contributed by atoms with Gasteiger partial charge in [0.05, 0.1) is 16.6 Å². The fourth-order valence-corrected chi connectivity index (χ4v) is 4.66. The maximum Gasteiger partial charge on any atom is 0.229 e. The molecule has 0 aromatic heterocycles. The summed E-state index contributed by atoms with van der Waals surface area (Å²) in [6.45, 7) is 6.59. The number of halogens is 2. The molecule has 0 aliphatic carbocycles. The van der Waals surface area contributed by atoms with Crippen LogP contribution in [0.15, 0.2) is 54.6 Å². The van der Waals surface area contributed by atoms with Gasteiger partial charge in [0.15, 0.2) is 5.82 Å². The summed E-state index contributed by atoms with van der Waals surface area (Å²) < 4.78 is 14.3. The lowest BCUT2D eigenvalue weighted by Crippen LogP contribution is -2.49. The van der Waals surface area contributed by atoms with Gasteiger partial charge in [-0.3, -0.25) is 9.69 Å². The van der Waals surface area contributed by atoms with E-state index in [0.717, 1.165) is 44.0 Å². The average molecular weight is 457 g/mol. The summed E-state index contributed by atoms with van der Waals surface area (Å²) in [5, 5.41) is 3.27. The van der Waals surface area contributed by atoms with Gasteiger partial charge in [0.1, 0.15) is 0 Å². The summed E-state index contributed by atoms with van der Waals surface area (Å²) >= 11 is 5.92. The van der Waals surface area contributed by atoms with Gasteiger partial charge in [0, 0.05) is 58.1 Å². The van der Waals surface area contributed by atoms with Gasteiger partial charge in [0.25, 0.3) is 0 Å². The van der Waals surface area contributed by atoms with Crippen molar-refractivity contribution in [3.63, 3.8) is 0 Å². The molecule has 4 rings (SSSR count). The first-order valence-electron chi connectivity index (χ1n) is 11.1. The number of rotatable bonds is 6. The van der Waals surface area contributed by atoms with Gasteiger partial charge in [-0.25, -0.2) is 4.39 Å². The first kappa shape index (κ1) is 22.6. The molecule has 0 bridgehead atoms. The van der Waals surface area contributed by atoms with E-state index in [1.165, 1.54) is 0 Å². The molecule has 0 saturated carbocycles. The van der Waals surface area contributed by atoms with E-state index >= 15 is 0 Å². The summed E-state index contributed by atoms with van der Waals surface area (Å²) in [6, 6.07) is 15.4. The predicted molar refractivity (Wildman–Crippen MR) is 128 cm³/mol. The molecule has 7 heteroatoms. The fraction of sp³-hybridized carbons (Fsp3) is 0.400. The number of amides is 1. The minimum atomic E-state index is -0.353. The third-order valence-electron chi connectivity index (χ3n) is 6.59. The molecular weight excluding hydrogens is 427 g/mol. The van der Waals surface area contributed by atoms with Crippen LogP contribution < -0.4 is 10.2 Å². The number of nitrogens with zero attached hydrogens (tertiary/aromatic N) is 3. The zero-order valence-corrected chi connectivity index (χ0v) is 19.4. The van der Waals surface area contributed by atoms with Crippen LogP contribution in [0.1, 0.15) is 12.5 Å². The second kappa shape index (κ2) is 9.92. The standard InChI is InChI=1S/C25H30ClFN4O/c1-18-20(17-23(29(18)2)19-7-4-3-5-8-19)25(32)28-11-12-30-13-15-31(16-14-30)22-10-6-9-21(26)24(22)27/h3-10,17-18,20H,11-16H2,1-2H3,(H,28,32). The number of piperazine rings is 1. The summed E-state index contributed by atoms with van der Waals surface area (Å²) in [5.74, 6) is -0.457. The fourth-order valence-electron chi connectivity index (χ4n) is 4.49. The second-order valence-corrected chi connectivity index (χ2v) is 8.90. The average Bonchev–Trinajstić information content (AvgIpc) is 3.11. The van der Waals surface area contributed by atoms with Crippen molar-refractivity contribution in [3.8, 4) is 0 Å². The first-order valence-corrected chi connectivity index (χ1v) is 11.5. The molecule has 2 atom stereocenters. The summed E-state index contributed by atoms with van der Waals surface area (Å²) in [6.07, 6.45) is 2.08. The van der Waals surface area contributed by atoms with Crippen molar-refractivity contribution in [1.29, 1.82) is 0 Å². The van der Waals surface area contributed by atoms with Crippen LogP contribution in [-0.2, 0) is 4.79 Å². The molecule has 0 spiro atoms. The molecular formula is C25H30ClFN4O. The number of carbonyl (C=O) groups excluding carboxylic acids is 1. The van der Waals surface area contributed by atoms with Gasteiger partial charge in [-0.15, -0.1) is 0 Å². The van der Waals surface area contributed by atoms with E-state index in [4.69, 9.17) is 11.6 Å². The number of nitrogens with one attached hydrogen (secondary N) is 1. The van der Waals surface area contributed by atoms with Gasteiger partial charge in [-0.1, -0.05) is 48.0 Å². The summed E-state index contributed by atoms with van der Waals surface area (Å²) in [7, 11) is 2.04. The predicted octanol–water partition coefficient (Wildman–Crippen LogP) is 3.71. The van der Waals surface area contributed by atoms with E-state index in [1.54, 1.807) is 18.2 Å². The lowest BCUT2D eigenvalue weighted by molar-refractivity contribution is -0.124. The Morgan fingerprint density at radius 3 is 2.53 bits per heavy atom. The molecule has 1 fully saturated rings. The van der Waals surface area contributed by atoms with Crippen LogP contribution in [0.25, 0.3) is 5.70 Å². The van der Waals surface area contributed by atoms with Gasteiger partial charge >= 0.3 is 0 Å². The normalized spacial score (nSPS) is 21.6. The van der Waals surface area contributed by atoms with E-state index in [0.29, 0.717) is 12.2 Å².